The minimum Gasteiger partial charge on any atom is -0.364 e. The third-order valence-corrected chi connectivity index (χ3v) is 1.45. The lowest BCUT2D eigenvalue weighted by atomic mass is 10.1. The zero-order valence-corrected chi connectivity index (χ0v) is 8.59. The van der Waals surface area contributed by atoms with Crippen LogP contribution < -0.4 is 5.73 Å². The fraction of sp³-hybridized carbons (Fsp3) is 0.400. The van der Waals surface area contributed by atoms with Crippen molar-refractivity contribution in [2.24, 2.45) is 5.73 Å². The van der Waals surface area contributed by atoms with E-state index in [1.54, 1.807) is 6.20 Å². The van der Waals surface area contributed by atoms with E-state index in [1.807, 2.05) is 33.8 Å². The van der Waals surface area contributed by atoms with E-state index in [0.717, 1.165) is 11.1 Å². The first-order valence-corrected chi connectivity index (χ1v) is 4.34. The van der Waals surface area contributed by atoms with Crippen molar-refractivity contribution in [2.75, 3.05) is 0 Å². The highest BCUT2D eigenvalue weighted by Gasteiger charge is 2.04. The largest absolute Gasteiger partial charge is 0.364 e. The van der Waals surface area contributed by atoms with E-state index in [0.29, 0.717) is 5.69 Å². The van der Waals surface area contributed by atoms with E-state index in [2.05, 4.69) is 4.98 Å². The second-order valence-corrected chi connectivity index (χ2v) is 2.54. The van der Waals surface area contributed by atoms with Crippen LogP contribution in [0.15, 0.2) is 12.3 Å². The van der Waals surface area contributed by atoms with Crippen molar-refractivity contribution >= 4 is 5.91 Å². The molecule has 0 unspecified atom stereocenters. The monoisotopic (exact) mass is 180 g/mol. The Balaban J connectivity index is 0.000000671. The number of hydrogen-bond acceptors (Lipinski definition) is 2. The normalized spacial score (nSPS) is 8.62. The summed E-state index contributed by atoms with van der Waals surface area (Å²) in [4.78, 5) is 14.6. The lowest BCUT2D eigenvalue weighted by Gasteiger charge is -1.99. The Kier molecular flexibility index (Phi) is 4.74. The molecule has 72 valence electrons. The Morgan fingerprint density at radius 2 is 1.92 bits per heavy atom. The summed E-state index contributed by atoms with van der Waals surface area (Å²) in [6.07, 6.45) is 1.63. The highest BCUT2D eigenvalue weighted by atomic mass is 16.1. The first kappa shape index (κ1) is 11.6. The maximum atomic E-state index is 10.7. The molecular weight excluding hydrogens is 164 g/mol. The van der Waals surface area contributed by atoms with E-state index in [-0.39, 0.29) is 0 Å². The van der Waals surface area contributed by atoms with Crippen LogP contribution in [0.3, 0.4) is 0 Å². The molecule has 1 heterocycles. The van der Waals surface area contributed by atoms with Gasteiger partial charge in [0.1, 0.15) is 5.69 Å². The number of primary amides is 1. The van der Waals surface area contributed by atoms with Crippen LogP contribution in [0, 0.1) is 13.8 Å². The first-order chi connectivity index (χ1) is 6.11. The average molecular weight is 180 g/mol. The molecule has 0 aromatic carbocycles. The number of nitrogens with zero attached hydrogens (tertiary/aromatic N) is 1. The van der Waals surface area contributed by atoms with Gasteiger partial charge in [-0.05, 0) is 25.0 Å². The van der Waals surface area contributed by atoms with Crippen LogP contribution in [-0.4, -0.2) is 10.9 Å². The molecule has 0 radical (unpaired) electrons. The van der Waals surface area contributed by atoms with Crippen LogP contribution in [0.25, 0.3) is 0 Å². The number of amides is 1. The molecule has 0 fully saturated rings. The summed E-state index contributed by atoms with van der Waals surface area (Å²) in [5, 5.41) is 0. The summed E-state index contributed by atoms with van der Waals surface area (Å²) in [7, 11) is 0. The molecule has 0 bridgehead atoms. The van der Waals surface area contributed by atoms with E-state index >= 15 is 0 Å². The number of aryl methyl sites for hydroxylation is 2. The summed E-state index contributed by atoms with van der Waals surface area (Å²) < 4.78 is 0. The number of carbonyl (C=O) groups excluding carboxylic acids is 1. The van der Waals surface area contributed by atoms with Gasteiger partial charge in [0.05, 0.1) is 0 Å². The van der Waals surface area contributed by atoms with Gasteiger partial charge in [0.2, 0.25) is 0 Å². The molecule has 0 atom stereocenters. The lowest BCUT2D eigenvalue weighted by molar-refractivity contribution is 0.0995. The molecular formula is C10H16N2O. The highest BCUT2D eigenvalue weighted by Crippen LogP contribution is 2.05. The summed E-state index contributed by atoms with van der Waals surface area (Å²) in [6, 6.07) is 1.88. The van der Waals surface area contributed by atoms with Crippen LogP contribution in [0.2, 0.25) is 0 Å². The zero-order valence-electron chi connectivity index (χ0n) is 8.59. The smallest absolute Gasteiger partial charge is 0.267 e. The zero-order chi connectivity index (χ0) is 10.4. The lowest BCUT2D eigenvalue weighted by Crippen LogP contribution is -2.14. The highest BCUT2D eigenvalue weighted by molar-refractivity contribution is 5.92. The van der Waals surface area contributed by atoms with Gasteiger partial charge in [-0.15, -0.1) is 0 Å². The van der Waals surface area contributed by atoms with Crippen molar-refractivity contribution in [3.63, 3.8) is 0 Å². The summed E-state index contributed by atoms with van der Waals surface area (Å²) in [6.45, 7) is 7.74. The molecule has 0 aliphatic carbocycles. The second kappa shape index (κ2) is 5.30. The fourth-order valence-corrected chi connectivity index (χ4v) is 0.973. The minimum atomic E-state index is -0.470. The standard InChI is InChI=1S/C8H10N2O.C2H6/c1-5-3-6(2)7(8(9)11)10-4-5;1-2/h3-4H,1-2H3,(H2,9,11);1-2H3. The quantitative estimate of drug-likeness (QED) is 0.716. The summed E-state index contributed by atoms with van der Waals surface area (Å²) in [5.74, 6) is -0.470. The van der Waals surface area contributed by atoms with Crippen molar-refractivity contribution < 1.29 is 4.79 Å². The van der Waals surface area contributed by atoms with Crippen LogP contribution in [0.5, 0.6) is 0 Å². The van der Waals surface area contributed by atoms with Crippen molar-refractivity contribution in [1.82, 2.24) is 4.98 Å². The molecule has 0 saturated carbocycles. The van der Waals surface area contributed by atoms with E-state index < -0.39 is 5.91 Å². The molecule has 0 spiro atoms. The predicted octanol–water partition coefficient (Wildman–Crippen LogP) is 1.82. The van der Waals surface area contributed by atoms with Gasteiger partial charge in [-0.1, -0.05) is 19.9 Å². The molecule has 13 heavy (non-hydrogen) atoms. The van der Waals surface area contributed by atoms with Gasteiger partial charge in [0.15, 0.2) is 0 Å². The second-order valence-electron chi connectivity index (χ2n) is 2.54. The molecule has 0 saturated heterocycles. The number of aromatic nitrogens is 1. The molecule has 3 heteroatoms. The number of pyridine rings is 1. The van der Waals surface area contributed by atoms with E-state index in [9.17, 15) is 4.79 Å². The average Bonchev–Trinajstić information content (AvgIpc) is 2.07. The third-order valence-electron chi connectivity index (χ3n) is 1.45. The fourth-order valence-electron chi connectivity index (χ4n) is 0.973. The number of hydrogen-bond donors (Lipinski definition) is 1. The van der Waals surface area contributed by atoms with E-state index in [4.69, 9.17) is 5.73 Å². The van der Waals surface area contributed by atoms with Crippen molar-refractivity contribution in [3.05, 3.63) is 29.1 Å². The van der Waals surface area contributed by atoms with Gasteiger partial charge < -0.3 is 5.73 Å². The van der Waals surface area contributed by atoms with Crippen LogP contribution >= 0.6 is 0 Å². The Bertz CT molecular complexity index is 295. The van der Waals surface area contributed by atoms with Gasteiger partial charge in [0.25, 0.3) is 5.91 Å². The molecule has 0 aliphatic rings. The number of nitrogens with two attached hydrogens (primary N) is 1. The molecule has 0 aliphatic heterocycles. The van der Waals surface area contributed by atoms with Gasteiger partial charge in [-0.3, -0.25) is 9.78 Å². The Morgan fingerprint density at radius 3 is 2.31 bits per heavy atom. The van der Waals surface area contributed by atoms with Gasteiger partial charge in [-0.2, -0.15) is 0 Å². The number of rotatable bonds is 1. The topological polar surface area (TPSA) is 56.0 Å². The molecule has 1 aromatic heterocycles. The van der Waals surface area contributed by atoms with Gasteiger partial charge in [0, 0.05) is 6.20 Å². The molecule has 1 amide bonds. The maximum absolute atomic E-state index is 10.7. The van der Waals surface area contributed by atoms with E-state index in [1.165, 1.54) is 0 Å². The van der Waals surface area contributed by atoms with Crippen molar-refractivity contribution in [1.29, 1.82) is 0 Å². The van der Waals surface area contributed by atoms with Crippen LogP contribution in [0.1, 0.15) is 35.5 Å². The summed E-state index contributed by atoms with van der Waals surface area (Å²) >= 11 is 0. The Labute approximate surface area is 79.0 Å². The van der Waals surface area contributed by atoms with Crippen LogP contribution in [0.4, 0.5) is 0 Å². The third kappa shape index (κ3) is 3.23. The van der Waals surface area contributed by atoms with Crippen LogP contribution in [-0.2, 0) is 0 Å². The van der Waals surface area contributed by atoms with Crippen molar-refractivity contribution in [3.8, 4) is 0 Å². The molecule has 1 rings (SSSR count). The first-order valence-electron chi connectivity index (χ1n) is 4.34. The minimum absolute atomic E-state index is 0.357. The Morgan fingerprint density at radius 1 is 1.38 bits per heavy atom. The van der Waals surface area contributed by atoms with Gasteiger partial charge >= 0.3 is 0 Å². The molecule has 3 nitrogen and oxygen atoms in total. The molecule has 2 N–H and O–H groups in total. The van der Waals surface area contributed by atoms with Gasteiger partial charge in [-0.25, -0.2) is 0 Å². The summed E-state index contributed by atoms with van der Waals surface area (Å²) in [5.41, 5.74) is 7.29. The maximum Gasteiger partial charge on any atom is 0.267 e. The Hall–Kier alpha value is -1.38. The number of carbonyl (C=O) groups is 1. The SMILES string of the molecule is CC.Cc1cnc(C(N)=O)c(C)c1. The predicted molar refractivity (Wildman–Crippen MR) is 53.6 cm³/mol. The van der Waals surface area contributed by atoms with Crippen molar-refractivity contribution in [2.45, 2.75) is 27.7 Å². The molecule has 1 aromatic rings.